The largest absolute Gasteiger partial charge is 0.469 e. The van der Waals surface area contributed by atoms with E-state index in [1.807, 2.05) is 29.7 Å². The number of para-hydroxylation sites is 1. The van der Waals surface area contributed by atoms with Crippen LogP contribution in [0.25, 0.3) is 10.9 Å². The zero-order valence-electron chi connectivity index (χ0n) is 16.6. The lowest BCUT2D eigenvalue weighted by molar-refractivity contribution is -0.140. The number of aromatic nitrogens is 2. The van der Waals surface area contributed by atoms with Crippen LogP contribution >= 0.6 is 0 Å². The van der Waals surface area contributed by atoms with Gasteiger partial charge in [-0.05, 0) is 32.0 Å². The fraction of sp³-hybridized carbons (Fsp3) is 0.273. The van der Waals surface area contributed by atoms with Crippen molar-refractivity contribution in [3.05, 3.63) is 65.1 Å². The Kier molecular flexibility index (Phi) is 6.07. The predicted molar refractivity (Wildman–Crippen MR) is 107 cm³/mol. The Morgan fingerprint density at radius 1 is 1.07 bits per heavy atom. The van der Waals surface area contributed by atoms with Crippen molar-refractivity contribution >= 4 is 28.6 Å². The van der Waals surface area contributed by atoms with E-state index in [0.717, 1.165) is 16.8 Å². The van der Waals surface area contributed by atoms with Crippen molar-refractivity contribution in [3.8, 4) is 0 Å². The summed E-state index contributed by atoms with van der Waals surface area (Å²) in [5.41, 5.74) is 2.86. The van der Waals surface area contributed by atoms with E-state index >= 15 is 0 Å². The molecule has 1 aromatic carbocycles. The maximum Gasteiger partial charge on any atom is 0.357 e. The number of methoxy groups -OCH3 is 1. The predicted octanol–water partition coefficient (Wildman–Crippen LogP) is 3.26. The third-order valence-corrected chi connectivity index (χ3v) is 4.78. The molecule has 0 aliphatic heterocycles. The quantitative estimate of drug-likeness (QED) is 0.452. The molecule has 3 rings (SSSR count). The summed E-state index contributed by atoms with van der Waals surface area (Å²) in [6.45, 7) is 3.68. The number of esters is 2. The van der Waals surface area contributed by atoms with Gasteiger partial charge in [0.05, 0.1) is 19.0 Å². The van der Waals surface area contributed by atoms with Gasteiger partial charge < -0.3 is 14.0 Å². The Balaban J connectivity index is 1.66. The van der Waals surface area contributed by atoms with Crippen LogP contribution in [0.5, 0.6) is 0 Å². The minimum Gasteiger partial charge on any atom is -0.469 e. The summed E-state index contributed by atoms with van der Waals surface area (Å²) in [5.74, 6) is -1.28. The van der Waals surface area contributed by atoms with Crippen molar-refractivity contribution in [3.63, 3.8) is 0 Å². The lowest BCUT2D eigenvalue weighted by Crippen LogP contribution is -2.16. The van der Waals surface area contributed by atoms with Crippen molar-refractivity contribution in [2.24, 2.45) is 0 Å². The molecule has 0 radical (unpaired) electrons. The Morgan fingerprint density at radius 2 is 1.83 bits per heavy atom. The van der Waals surface area contributed by atoms with Crippen molar-refractivity contribution in [2.75, 3.05) is 13.7 Å². The van der Waals surface area contributed by atoms with Crippen LogP contribution in [-0.2, 0) is 20.8 Å². The number of pyridine rings is 1. The van der Waals surface area contributed by atoms with Gasteiger partial charge in [-0.1, -0.05) is 24.3 Å². The second-order valence-corrected chi connectivity index (χ2v) is 6.65. The normalized spacial score (nSPS) is 10.7. The molecular formula is C22H22N2O5. The fourth-order valence-electron chi connectivity index (χ4n) is 3.20. The fourth-order valence-corrected chi connectivity index (χ4v) is 3.20. The molecule has 0 spiro atoms. The summed E-state index contributed by atoms with van der Waals surface area (Å²) >= 11 is 0. The SMILES string of the molecule is COC(=O)CCn1c(C)cc(C(=O)COC(=O)c2ccc3ccccc3n2)c1C. The zero-order chi connectivity index (χ0) is 21.0. The van der Waals surface area contributed by atoms with Gasteiger partial charge in [-0.3, -0.25) is 9.59 Å². The molecule has 0 aliphatic rings. The number of ketones is 1. The van der Waals surface area contributed by atoms with E-state index in [2.05, 4.69) is 9.72 Å². The van der Waals surface area contributed by atoms with Gasteiger partial charge in [0.1, 0.15) is 5.69 Å². The van der Waals surface area contributed by atoms with Crippen LogP contribution in [0.1, 0.15) is 38.7 Å². The molecule has 0 fully saturated rings. The number of aryl methyl sites for hydroxylation is 1. The standard InChI is InChI=1S/C22H22N2O5/c1-14-12-17(15(2)24(14)11-10-21(26)28-3)20(25)13-29-22(27)19-9-8-16-6-4-5-7-18(16)23-19/h4-9,12H,10-11,13H2,1-3H3. The smallest absolute Gasteiger partial charge is 0.357 e. The summed E-state index contributed by atoms with van der Waals surface area (Å²) in [6, 6.07) is 12.5. The number of ether oxygens (including phenoxy) is 2. The molecule has 150 valence electrons. The number of carbonyl (C=O) groups is 3. The van der Waals surface area contributed by atoms with E-state index in [1.165, 1.54) is 7.11 Å². The Labute approximate surface area is 168 Å². The summed E-state index contributed by atoms with van der Waals surface area (Å²) in [6.07, 6.45) is 0.211. The number of carbonyl (C=O) groups excluding carboxylic acids is 3. The number of hydrogen-bond acceptors (Lipinski definition) is 6. The number of fused-ring (bicyclic) bond motifs is 1. The molecule has 0 amide bonds. The van der Waals surface area contributed by atoms with E-state index in [-0.39, 0.29) is 30.5 Å². The van der Waals surface area contributed by atoms with Gasteiger partial charge >= 0.3 is 11.9 Å². The van der Waals surface area contributed by atoms with Crippen LogP contribution in [0.3, 0.4) is 0 Å². The number of hydrogen-bond donors (Lipinski definition) is 0. The highest BCUT2D eigenvalue weighted by Gasteiger charge is 2.19. The molecule has 29 heavy (non-hydrogen) atoms. The highest BCUT2D eigenvalue weighted by Crippen LogP contribution is 2.17. The van der Waals surface area contributed by atoms with Crippen molar-refractivity contribution in [1.29, 1.82) is 0 Å². The van der Waals surface area contributed by atoms with Crippen LogP contribution in [0.4, 0.5) is 0 Å². The Bertz CT molecular complexity index is 1080. The maximum absolute atomic E-state index is 12.6. The van der Waals surface area contributed by atoms with Crippen LogP contribution in [0, 0.1) is 13.8 Å². The highest BCUT2D eigenvalue weighted by molar-refractivity contribution is 6.00. The first-order valence-corrected chi connectivity index (χ1v) is 9.20. The van der Waals surface area contributed by atoms with E-state index in [0.29, 0.717) is 17.6 Å². The van der Waals surface area contributed by atoms with E-state index < -0.39 is 5.97 Å². The molecular weight excluding hydrogens is 372 g/mol. The molecule has 0 atom stereocenters. The lowest BCUT2D eigenvalue weighted by Gasteiger charge is -2.09. The maximum atomic E-state index is 12.6. The van der Waals surface area contributed by atoms with Crippen LogP contribution < -0.4 is 0 Å². The number of rotatable bonds is 7. The van der Waals surface area contributed by atoms with Crippen LogP contribution in [0.2, 0.25) is 0 Å². The summed E-state index contributed by atoms with van der Waals surface area (Å²) in [7, 11) is 1.34. The van der Waals surface area contributed by atoms with Gasteiger partial charge in [-0.2, -0.15) is 0 Å². The van der Waals surface area contributed by atoms with Gasteiger partial charge in [0.15, 0.2) is 6.61 Å². The Hall–Kier alpha value is -3.48. The van der Waals surface area contributed by atoms with Gasteiger partial charge in [-0.25, -0.2) is 9.78 Å². The number of Topliss-reactive ketones (excluding diaryl/α,β-unsaturated/α-hetero) is 1. The zero-order valence-corrected chi connectivity index (χ0v) is 16.6. The van der Waals surface area contributed by atoms with E-state index in [1.54, 1.807) is 31.2 Å². The molecule has 0 unspecified atom stereocenters. The average molecular weight is 394 g/mol. The molecule has 7 heteroatoms. The van der Waals surface area contributed by atoms with Crippen LogP contribution in [-0.4, -0.2) is 41.0 Å². The third-order valence-electron chi connectivity index (χ3n) is 4.78. The van der Waals surface area contributed by atoms with E-state index in [9.17, 15) is 14.4 Å². The second kappa shape index (κ2) is 8.68. The first-order chi connectivity index (χ1) is 13.9. The van der Waals surface area contributed by atoms with Crippen molar-refractivity contribution in [1.82, 2.24) is 9.55 Å². The van der Waals surface area contributed by atoms with Gasteiger partial charge in [0.25, 0.3) is 0 Å². The monoisotopic (exact) mass is 394 g/mol. The third kappa shape index (κ3) is 4.51. The minimum absolute atomic E-state index is 0.153. The van der Waals surface area contributed by atoms with E-state index in [4.69, 9.17) is 4.74 Å². The first-order valence-electron chi connectivity index (χ1n) is 9.20. The topological polar surface area (TPSA) is 87.5 Å². The lowest BCUT2D eigenvalue weighted by atomic mass is 10.1. The Morgan fingerprint density at radius 3 is 2.59 bits per heavy atom. The molecule has 2 aromatic heterocycles. The second-order valence-electron chi connectivity index (χ2n) is 6.65. The number of nitrogens with zero attached hydrogens (tertiary/aromatic N) is 2. The van der Waals surface area contributed by atoms with Gasteiger partial charge in [0.2, 0.25) is 5.78 Å². The molecule has 2 heterocycles. The molecule has 7 nitrogen and oxygen atoms in total. The van der Waals surface area contributed by atoms with Crippen molar-refractivity contribution < 1.29 is 23.9 Å². The summed E-state index contributed by atoms with van der Waals surface area (Å²) < 4.78 is 11.7. The molecule has 0 saturated heterocycles. The van der Waals surface area contributed by atoms with Gasteiger partial charge in [-0.15, -0.1) is 0 Å². The van der Waals surface area contributed by atoms with Gasteiger partial charge in [0, 0.05) is 28.9 Å². The van der Waals surface area contributed by atoms with Crippen molar-refractivity contribution in [2.45, 2.75) is 26.8 Å². The summed E-state index contributed by atoms with van der Waals surface area (Å²) in [5, 5.41) is 0.916. The molecule has 0 N–H and O–H groups in total. The molecule has 0 saturated carbocycles. The first kappa shape index (κ1) is 20.3. The molecule has 3 aromatic rings. The molecule has 0 aliphatic carbocycles. The average Bonchev–Trinajstić information content (AvgIpc) is 3.03. The highest BCUT2D eigenvalue weighted by atomic mass is 16.5. The number of benzene rings is 1. The molecule has 0 bridgehead atoms. The summed E-state index contributed by atoms with van der Waals surface area (Å²) in [4.78, 5) is 40.5. The minimum atomic E-state index is -0.649. The van der Waals surface area contributed by atoms with Crippen LogP contribution in [0.15, 0.2) is 42.5 Å².